The lowest BCUT2D eigenvalue weighted by atomic mass is 10.2. The summed E-state index contributed by atoms with van der Waals surface area (Å²) in [6.07, 6.45) is 0. The molecule has 0 bridgehead atoms. The maximum absolute atomic E-state index is 10.9. The third-order valence-electron chi connectivity index (χ3n) is 2.02. The predicted molar refractivity (Wildman–Crippen MR) is 66.2 cm³/mol. The van der Waals surface area contributed by atoms with E-state index in [-0.39, 0.29) is 5.91 Å². The Morgan fingerprint density at radius 2 is 2.24 bits per heavy atom. The molecule has 0 radical (unpaired) electrons. The molecule has 0 fully saturated rings. The van der Waals surface area contributed by atoms with Crippen molar-refractivity contribution in [3.8, 4) is 16.3 Å². The molecule has 0 aliphatic heterocycles. The highest BCUT2D eigenvalue weighted by Gasteiger charge is 2.08. The number of anilines is 1. The van der Waals surface area contributed by atoms with Crippen molar-refractivity contribution in [1.29, 1.82) is 0 Å². The Kier molecular flexibility index (Phi) is 3.34. The Morgan fingerprint density at radius 1 is 1.41 bits per heavy atom. The van der Waals surface area contributed by atoms with Gasteiger partial charge in [0.1, 0.15) is 10.8 Å². The van der Waals surface area contributed by atoms with Gasteiger partial charge in [0.15, 0.2) is 0 Å². The summed E-state index contributed by atoms with van der Waals surface area (Å²) < 4.78 is 5.13. The smallest absolute Gasteiger partial charge is 0.223 e. The highest BCUT2D eigenvalue weighted by Crippen LogP contribution is 2.28. The van der Waals surface area contributed by atoms with Crippen molar-refractivity contribution in [2.45, 2.75) is 6.92 Å². The van der Waals surface area contributed by atoms with Crippen LogP contribution in [-0.4, -0.2) is 23.2 Å². The van der Waals surface area contributed by atoms with Crippen LogP contribution in [0.4, 0.5) is 5.13 Å². The molecule has 2 aromatic rings. The molecule has 0 aliphatic rings. The van der Waals surface area contributed by atoms with Crippen LogP contribution in [0.5, 0.6) is 5.75 Å². The van der Waals surface area contributed by atoms with E-state index in [2.05, 4.69) is 15.5 Å². The largest absolute Gasteiger partial charge is 0.497 e. The maximum Gasteiger partial charge on any atom is 0.223 e. The number of amides is 1. The minimum Gasteiger partial charge on any atom is -0.497 e. The molecule has 1 aromatic heterocycles. The summed E-state index contributed by atoms with van der Waals surface area (Å²) in [4.78, 5) is 10.9. The van der Waals surface area contributed by atoms with Crippen molar-refractivity contribution in [3.63, 3.8) is 0 Å². The van der Waals surface area contributed by atoms with Gasteiger partial charge in [-0.25, -0.2) is 0 Å². The number of benzene rings is 1. The van der Waals surface area contributed by atoms with Gasteiger partial charge in [0.05, 0.1) is 7.11 Å². The first-order chi connectivity index (χ1) is 8.19. The van der Waals surface area contributed by atoms with E-state index < -0.39 is 0 Å². The molecule has 1 aromatic carbocycles. The number of rotatable bonds is 3. The molecule has 1 N–H and O–H groups in total. The number of nitrogens with zero attached hydrogens (tertiary/aromatic N) is 2. The van der Waals surface area contributed by atoms with Crippen LogP contribution in [0.2, 0.25) is 0 Å². The van der Waals surface area contributed by atoms with Crippen molar-refractivity contribution in [3.05, 3.63) is 24.3 Å². The zero-order valence-corrected chi connectivity index (χ0v) is 10.2. The normalized spacial score (nSPS) is 10.0. The van der Waals surface area contributed by atoms with Crippen LogP contribution >= 0.6 is 11.3 Å². The van der Waals surface area contributed by atoms with Crippen LogP contribution in [0.3, 0.4) is 0 Å². The molecular formula is C11H11N3O2S. The first-order valence-electron chi connectivity index (χ1n) is 4.94. The van der Waals surface area contributed by atoms with E-state index in [1.54, 1.807) is 7.11 Å². The lowest BCUT2D eigenvalue weighted by Crippen LogP contribution is -2.04. The van der Waals surface area contributed by atoms with Crippen molar-refractivity contribution in [1.82, 2.24) is 10.2 Å². The summed E-state index contributed by atoms with van der Waals surface area (Å²) >= 11 is 1.32. The minimum atomic E-state index is -0.154. The fourth-order valence-corrected chi connectivity index (χ4v) is 2.08. The summed E-state index contributed by atoms with van der Waals surface area (Å²) in [5, 5.41) is 11.7. The lowest BCUT2D eigenvalue weighted by molar-refractivity contribution is -0.114. The molecule has 0 saturated carbocycles. The standard InChI is InChI=1S/C11H11N3O2S/c1-7(15)12-11-14-13-10(17-11)8-4-3-5-9(6-8)16-2/h3-6H,1-2H3,(H,12,14,15). The zero-order chi connectivity index (χ0) is 12.3. The molecule has 0 atom stereocenters. The molecule has 6 heteroatoms. The number of hydrogen-bond donors (Lipinski definition) is 1. The SMILES string of the molecule is COc1cccc(-c2nnc(NC(C)=O)s2)c1. The van der Waals surface area contributed by atoms with Crippen LogP contribution < -0.4 is 10.1 Å². The second-order valence-electron chi connectivity index (χ2n) is 3.33. The molecule has 0 unspecified atom stereocenters. The number of carbonyl (C=O) groups excluding carboxylic acids is 1. The van der Waals surface area contributed by atoms with Gasteiger partial charge in [0.2, 0.25) is 11.0 Å². The van der Waals surface area contributed by atoms with Crippen LogP contribution in [0.1, 0.15) is 6.92 Å². The van der Waals surface area contributed by atoms with E-state index >= 15 is 0 Å². The average molecular weight is 249 g/mol. The van der Waals surface area contributed by atoms with Gasteiger partial charge in [0, 0.05) is 12.5 Å². The number of carbonyl (C=O) groups is 1. The number of hydrogen-bond acceptors (Lipinski definition) is 5. The van der Waals surface area contributed by atoms with Gasteiger partial charge in [-0.3, -0.25) is 4.79 Å². The third kappa shape index (κ3) is 2.79. The summed E-state index contributed by atoms with van der Waals surface area (Å²) in [6.45, 7) is 1.44. The Hall–Kier alpha value is -1.95. The lowest BCUT2D eigenvalue weighted by Gasteiger charge is -2.00. The summed E-state index contributed by atoms with van der Waals surface area (Å²) in [6, 6.07) is 7.53. The Labute approximate surface area is 102 Å². The van der Waals surface area contributed by atoms with Crippen LogP contribution in [0.25, 0.3) is 10.6 Å². The Bertz CT molecular complexity index is 539. The van der Waals surface area contributed by atoms with Gasteiger partial charge in [0.25, 0.3) is 0 Å². The van der Waals surface area contributed by atoms with Crippen LogP contribution in [0, 0.1) is 0 Å². The quantitative estimate of drug-likeness (QED) is 0.905. The van der Waals surface area contributed by atoms with Crippen molar-refractivity contribution in [2.75, 3.05) is 12.4 Å². The number of methoxy groups -OCH3 is 1. The Morgan fingerprint density at radius 3 is 2.94 bits per heavy atom. The van der Waals surface area contributed by atoms with Crippen molar-refractivity contribution >= 4 is 22.4 Å². The first-order valence-corrected chi connectivity index (χ1v) is 5.76. The minimum absolute atomic E-state index is 0.154. The fourth-order valence-electron chi connectivity index (χ4n) is 1.30. The molecule has 17 heavy (non-hydrogen) atoms. The zero-order valence-electron chi connectivity index (χ0n) is 9.43. The van der Waals surface area contributed by atoms with Gasteiger partial charge in [-0.05, 0) is 12.1 Å². The van der Waals surface area contributed by atoms with E-state index in [4.69, 9.17) is 4.74 Å². The van der Waals surface area contributed by atoms with Gasteiger partial charge >= 0.3 is 0 Å². The second-order valence-corrected chi connectivity index (χ2v) is 4.30. The van der Waals surface area contributed by atoms with Crippen molar-refractivity contribution in [2.24, 2.45) is 0 Å². The van der Waals surface area contributed by atoms with E-state index in [1.807, 2.05) is 24.3 Å². The molecule has 0 spiro atoms. The predicted octanol–water partition coefficient (Wildman–Crippen LogP) is 2.17. The van der Waals surface area contributed by atoms with Crippen LogP contribution in [0.15, 0.2) is 24.3 Å². The molecule has 0 saturated heterocycles. The molecule has 2 rings (SSSR count). The highest BCUT2D eigenvalue weighted by atomic mass is 32.1. The molecule has 1 amide bonds. The van der Waals surface area contributed by atoms with E-state index in [1.165, 1.54) is 18.3 Å². The average Bonchev–Trinajstić information content (AvgIpc) is 2.77. The summed E-state index contributed by atoms with van der Waals surface area (Å²) in [5.41, 5.74) is 0.915. The number of nitrogens with one attached hydrogen (secondary N) is 1. The van der Waals surface area contributed by atoms with E-state index in [0.29, 0.717) is 5.13 Å². The van der Waals surface area contributed by atoms with E-state index in [0.717, 1.165) is 16.3 Å². The van der Waals surface area contributed by atoms with Crippen LogP contribution in [-0.2, 0) is 4.79 Å². The van der Waals surface area contributed by atoms with Gasteiger partial charge in [-0.2, -0.15) is 0 Å². The number of ether oxygens (including phenoxy) is 1. The molecule has 88 valence electrons. The molecule has 5 nitrogen and oxygen atoms in total. The summed E-state index contributed by atoms with van der Waals surface area (Å²) in [5.74, 6) is 0.608. The number of aromatic nitrogens is 2. The molecule has 0 aliphatic carbocycles. The maximum atomic E-state index is 10.9. The van der Waals surface area contributed by atoms with Crippen molar-refractivity contribution < 1.29 is 9.53 Å². The topological polar surface area (TPSA) is 64.1 Å². The fraction of sp³-hybridized carbons (Fsp3) is 0.182. The van der Waals surface area contributed by atoms with Gasteiger partial charge in [-0.1, -0.05) is 23.5 Å². The van der Waals surface area contributed by atoms with E-state index in [9.17, 15) is 4.79 Å². The monoisotopic (exact) mass is 249 g/mol. The first kappa shape index (κ1) is 11.5. The van der Waals surface area contributed by atoms with Gasteiger partial charge in [-0.15, -0.1) is 10.2 Å². The molecule has 1 heterocycles. The Balaban J connectivity index is 2.26. The second kappa shape index (κ2) is 4.92. The summed E-state index contributed by atoms with van der Waals surface area (Å²) in [7, 11) is 1.61. The highest BCUT2D eigenvalue weighted by molar-refractivity contribution is 7.18. The third-order valence-corrected chi connectivity index (χ3v) is 2.91. The molecular weight excluding hydrogens is 238 g/mol. The van der Waals surface area contributed by atoms with Gasteiger partial charge < -0.3 is 10.1 Å².